The smallest absolute Gasteiger partial charge is 0.174 e. The number of ether oxygens (including phenoxy) is 1. The first kappa shape index (κ1) is 12.9. The van der Waals surface area contributed by atoms with Gasteiger partial charge in [-0.05, 0) is 29.9 Å². The molecule has 0 atom stereocenters. The lowest BCUT2D eigenvalue weighted by Gasteiger charge is -2.32. The molecule has 102 valence electrons. The predicted octanol–water partition coefficient (Wildman–Crippen LogP) is 3.41. The second-order valence-corrected chi connectivity index (χ2v) is 5.14. The van der Waals surface area contributed by atoms with E-state index in [0.29, 0.717) is 0 Å². The number of benzene rings is 2. The first-order valence-corrected chi connectivity index (χ1v) is 6.94. The topological polar surface area (TPSA) is 24.5 Å². The van der Waals surface area contributed by atoms with E-state index in [1.807, 2.05) is 24.3 Å². The minimum Gasteiger partial charge on any atom is -0.496 e. The Morgan fingerprint density at radius 3 is 2.75 bits per heavy atom. The fourth-order valence-corrected chi connectivity index (χ4v) is 2.66. The molecule has 20 heavy (non-hydrogen) atoms. The largest absolute Gasteiger partial charge is 0.496 e. The summed E-state index contributed by atoms with van der Waals surface area (Å²) in [6.45, 7) is 1.56. The van der Waals surface area contributed by atoms with Crippen molar-refractivity contribution in [2.24, 2.45) is 0 Å². The van der Waals surface area contributed by atoms with Crippen LogP contribution >= 0.6 is 12.2 Å². The van der Waals surface area contributed by atoms with Gasteiger partial charge in [0.05, 0.1) is 7.11 Å². The van der Waals surface area contributed by atoms with Crippen LogP contribution in [-0.4, -0.2) is 17.1 Å². The second kappa shape index (κ2) is 5.51. The molecule has 1 heterocycles. The molecular weight excluding hydrogens is 268 g/mol. The Bertz CT molecular complexity index is 642. The van der Waals surface area contributed by atoms with Gasteiger partial charge < -0.3 is 15.0 Å². The van der Waals surface area contributed by atoms with E-state index in [1.165, 1.54) is 5.56 Å². The van der Waals surface area contributed by atoms with Crippen LogP contribution in [-0.2, 0) is 13.1 Å². The summed E-state index contributed by atoms with van der Waals surface area (Å²) in [5, 5.41) is 4.04. The van der Waals surface area contributed by atoms with Crippen LogP contribution in [0.3, 0.4) is 0 Å². The summed E-state index contributed by atoms with van der Waals surface area (Å²) in [7, 11) is 1.70. The molecule has 1 aliphatic rings. The van der Waals surface area contributed by atoms with Crippen LogP contribution in [0.4, 0.5) is 5.69 Å². The van der Waals surface area contributed by atoms with Crippen molar-refractivity contribution in [3.63, 3.8) is 0 Å². The van der Waals surface area contributed by atoms with Crippen molar-refractivity contribution in [2.75, 3.05) is 12.4 Å². The van der Waals surface area contributed by atoms with Crippen molar-refractivity contribution in [1.29, 1.82) is 0 Å². The molecule has 1 N–H and O–H groups in total. The third-order valence-electron chi connectivity index (χ3n) is 3.46. The Kier molecular flexibility index (Phi) is 3.56. The number of hydrogen-bond acceptors (Lipinski definition) is 2. The van der Waals surface area contributed by atoms with E-state index in [9.17, 15) is 0 Å². The van der Waals surface area contributed by atoms with Crippen LogP contribution in [0.25, 0.3) is 0 Å². The van der Waals surface area contributed by atoms with Gasteiger partial charge in [0, 0.05) is 24.3 Å². The molecule has 0 amide bonds. The summed E-state index contributed by atoms with van der Waals surface area (Å²) in [5.74, 6) is 0.897. The molecule has 0 bridgehead atoms. The first-order chi connectivity index (χ1) is 9.78. The van der Waals surface area contributed by atoms with Crippen molar-refractivity contribution < 1.29 is 4.74 Å². The molecule has 3 rings (SSSR count). The highest BCUT2D eigenvalue weighted by Crippen LogP contribution is 2.26. The number of nitrogens with one attached hydrogen (secondary N) is 1. The SMILES string of the molecule is COc1ccccc1CN1Cc2ccccc2NC1=S. The van der Waals surface area contributed by atoms with E-state index < -0.39 is 0 Å². The van der Waals surface area contributed by atoms with Crippen LogP contribution in [0.1, 0.15) is 11.1 Å². The molecule has 3 nitrogen and oxygen atoms in total. The Morgan fingerprint density at radius 2 is 1.90 bits per heavy atom. The van der Waals surface area contributed by atoms with Crippen LogP contribution in [0.15, 0.2) is 48.5 Å². The van der Waals surface area contributed by atoms with Gasteiger partial charge in [0.15, 0.2) is 5.11 Å². The molecule has 1 aliphatic heterocycles. The second-order valence-electron chi connectivity index (χ2n) is 4.76. The zero-order valence-electron chi connectivity index (χ0n) is 11.3. The van der Waals surface area contributed by atoms with Gasteiger partial charge in [-0.2, -0.15) is 0 Å². The summed E-state index contributed by atoms with van der Waals surface area (Å²) in [5.41, 5.74) is 3.50. The minimum atomic E-state index is 0.740. The molecule has 0 spiro atoms. The summed E-state index contributed by atoms with van der Waals surface area (Å²) < 4.78 is 5.40. The van der Waals surface area contributed by atoms with Gasteiger partial charge in [-0.15, -0.1) is 0 Å². The van der Waals surface area contributed by atoms with Gasteiger partial charge in [0.2, 0.25) is 0 Å². The van der Waals surface area contributed by atoms with Crippen molar-refractivity contribution in [3.8, 4) is 5.75 Å². The van der Waals surface area contributed by atoms with Gasteiger partial charge in [0.25, 0.3) is 0 Å². The van der Waals surface area contributed by atoms with Crippen LogP contribution in [0.2, 0.25) is 0 Å². The normalized spacial score (nSPS) is 13.7. The molecule has 2 aromatic carbocycles. The molecule has 0 saturated carbocycles. The zero-order chi connectivity index (χ0) is 13.9. The number of fused-ring (bicyclic) bond motifs is 1. The Hall–Kier alpha value is -2.07. The van der Waals surface area contributed by atoms with Gasteiger partial charge in [-0.25, -0.2) is 0 Å². The molecule has 0 aliphatic carbocycles. The quantitative estimate of drug-likeness (QED) is 0.873. The summed E-state index contributed by atoms with van der Waals surface area (Å²) >= 11 is 5.46. The number of para-hydroxylation sites is 2. The predicted molar refractivity (Wildman–Crippen MR) is 84.9 cm³/mol. The Morgan fingerprint density at radius 1 is 1.15 bits per heavy atom. The number of anilines is 1. The van der Waals surface area contributed by atoms with Crippen LogP contribution in [0.5, 0.6) is 5.75 Å². The summed E-state index contributed by atoms with van der Waals surface area (Å²) in [6.07, 6.45) is 0. The fraction of sp³-hybridized carbons (Fsp3) is 0.188. The van der Waals surface area contributed by atoms with Crippen LogP contribution in [0, 0.1) is 0 Å². The van der Waals surface area contributed by atoms with Crippen molar-refractivity contribution in [3.05, 3.63) is 59.7 Å². The number of thiocarbonyl (C=S) groups is 1. The first-order valence-electron chi connectivity index (χ1n) is 6.53. The molecule has 0 unspecified atom stereocenters. The van der Waals surface area contributed by atoms with Crippen molar-refractivity contribution in [1.82, 2.24) is 4.90 Å². The summed E-state index contributed by atoms with van der Waals surface area (Å²) in [6, 6.07) is 16.3. The highest BCUT2D eigenvalue weighted by atomic mass is 32.1. The monoisotopic (exact) mass is 284 g/mol. The average Bonchev–Trinajstić information content (AvgIpc) is 2.48. The maximum atomic E-state index is 5.46. The fourth-order valence-electron chi connectivity index (χ4n) is 2.42. The number of methoxy groups -OCH3 is 1. The van der Waals surface area contributed by atoms with Gasteiger partial charge >= 0.3 is 0 Å². The van der Waals surface area contributed by atoms with E-state index in [0.717, 1.165) is 35.2 Å². The molecular formula is C16H16N2OS. The van der Waals surface area contributed by atoms with Gasteiger partial charge in [-0.1, -0.05) is 36.4 Å². The molecule has 0 saturated heterocycles. The van der Waals surface area contributed by atoms with E-state index in [2.05, 4.69) is 34.5 Å². The van der Waals surface area contributed by atoms with Crippen molar-refractivity contribution >= 4 is 23.0 Å². The molecule has 0 aromatic heterocycles. The van der Waals surface area contributed by atoms with Gasteiger partial charge in [-0.3, -0.25) is 0 Å². The lowest BCUT2D eigenvalue weighted by atomic mass is 10.1. The Balaban J connectivity index is 1.84. The molecule has 4 heteroatoms. The number of hydrogen-bond donors (Lipinski definition) is 1. The minimum absolute atomic E-state index is 0.740. The molecule has 0 radical (unpaired) electrons. The Labute approximate surface area is 124 Å². The van der Waals surface area contributed by atoms with E-state index in [-0.39, 0.29) is 0 Å². The highest BCUT2D eigenvalue weighted by molar-refractivity contribution is 7.80. The molecule has 2 aromatic rings. The number of rotatable bonds is 3. The lowest BCUT2D eigenvalue weighted by Crippen LogP contribution is -2.37. The van der Waals surface area contributed by atoms with Crippen LogP contribution < -0.4 is 10.1 Å². The maximum Gasteiger partial charge on any atom is 0.174 e. The summed E-state index contributed by atoms with van der Waals surface area (Å²) in [4.78, 5) is 2.15. The van der Waals surface area contributed by atoms with E-state index in [1.54, 1.807) is 7.11 Å². The molecule has 0 fully saturated rings. The number of nitrogens with zero attached hydrogens (tertiary/aromatic N) is 1. The standard InChI is InChI=1S/C16H16N2OS/c1-19-15-9-5-3-7-13(15)11-18-10-12-6-2-4-8-14(12)17-16(18)20/h2-9H,10-11H2,1H3,(H,17,20). The van der Waals surface area contributed by atoms with Gasteiger partial charge in [0.1, 0.15) is 5.75 Å². The lowest BCUT2D eigenvalue weighted by molar-refractivity contribution is 0.376. The highest BCUT2D eigenvalue weighted by Gasteiger charge is 2.20. The third-order valence-corrected chi connectivity index (χ3v) is 3.82. The van der Waals surface area contributed by atoms with E-state index in [4.69, 9.17) is 17.0 Å². The third kappa shape index (κ3) is 2.47. The average molecular weight is 284 g/mol. The zero-order valence-corrected chi connectivity index (χ0v) is 12.1. The van der Waals surface area contributed by atoms with Crippen molar-refractivity contribution in [2.45, 2.75) is 13.1 Å². The van der Waals surface area contributed by atoms with E-state index >= 15 is 0 Å². The maximum absolute atomic E-state index is 5.46.